The summed E-state index contributed by atoms with van der Waals surface area (Å²) in [6, 6.07) is 6.12. The number of imide groups is 1. The normalized spacial score (nSPS) is 19.4. The molecule has 142 valence electrons. The molecular weight excluding hydrogens is 352 g/mol. The molecule has 1 aliphatic rings. The van der Waals surface area contributed by atoms with Gasteiger partial charge in [0.15, 0.2) is 5.54 Å². The van der Waals surface area contributed by atoms with Crippen molar-refractivity contribution in [3.05, 3.63) is 42.4 Å². The van der Waals surface area contributed by atoms with E-state index in [1.165, 1.54) is 0 Å². The van der Waals surface area contributed by atoms with Gasteiger partial charge in [0.2, 0.25) is 0 Å². The molecule has 2 aromatic rings. The number of hydrogen-bond donors (Lipinski definition) is 3. The standard InChI is InChI=1S/C18H20N4O5/c1-17(2,3)27-16(25)20-10-18(14(23)21-15(24)22-18)13-7-6-12(26-13)11-5-4-8-19-9-11/h4-9H,10H2,1-3H3,(H,20,25)(H2,21,22,23,24). The van der Waals surface area contributed by atoms with Crippen LogP contribution in [0.5, 0.6) is 0 Å². The molecule has 1 aliphatic heterocycles. The van der Waals surface area contributed by atoms with Crippen LogP contribution in [-0.4, -0.2) is 35.2 Å². The van der Waals surface area contributed by atoms with Crippen molar-refractivity contribution >= 4 is 18.0 Å². The van der Waals surface area contributed by atoms with E-state index < -0.39 is 29.2 Å². The average Bonchev–Trinajstić information content (AvgIpc) is 3.18. The zero-order valence-corrected chi connectivity index (χ0v) is 15.2. The lowest BCUT2D eigenvalue weighted by Gasteiger charge is -2.25. The number of furan rings is 1. The number of ether oxygens (including phenoxy) is 1. The van der Waals surface area contributed by atoms with Gasteiger partial charge in [0.05, 0.1) is 6.54 Å². The molecule has 0 saturated carbocycles. The molecule has 1 unspecified atom stereocenters. The molecule has 0 bridgehead atoms. The highest BCUT2D eigenvalue weighted by atomic mass is 16.6. The minimum absolute atomic E-state index is 0.181. The zero-order chi connectivity index (χ0) is 19.7. The highest BCUT2D eigenvalue weighted by Gasteiger charge is 2.50. The van der Waals surface area contributed by atoms with Crippen molar-refractivity contribution in [2.75, 3.05) is 6.54 Å². The van der Waals surface area contributed by atoms with Gasteiger partial charge < -0.3 is 19.8 Å². The van der Waals surface area contributed by atoms with Crippen LogP contribution in [0.25, 0.3) is 11.3 Å². The van der Waals surface area contributed by atoms with Gasteiger partial charge in [-0.2, -0.15) is 0 Å². The van der Waals surface area contributed by atoms with E-state index in [9.17, 15) is 14.4 Å². The fraction of sp³-hybridized carbons (Fsp3) is 0.333. The highest BCUT2D eigenvalue weighted by Crippen LogP contribution is 2.30. The van der Waals surface area contributed by atoms with E-state index in [-0.39, 0.29) is 12.3 Å². The maximum absolute atomic E-state index is 12.5. The van der Waals surface area contributed by atoms with Gasteiger partial charge in [-0.3, -0.25) is 15.1 Å². The number of hydrogen-bond acceptors (Lipinski definition) is 6. The lowest BCUT2D eigenvalue weighted by atomic mass is 9.96. The van der Waals surface area contributed by atoms with Crippen molar-refractivity contribution in [3.63, 3.8) is 0 Å². The first kappa shape index (κ1) is 18.4. The number of urea groups is 1. The third kappa shape index (κ3) is 3.91. The van der Waals surface area contributed by atoms with Crippen LogP contribution < -0.4 is 16.0 Å². The van der Waals surface area contributed by atoms with Crippen molar-refractivity contribution < 1.29 is 23.5 Å². The number of pyridine rings is 1. The van der Waals surface area contributed by atoms with Crippen molar-refractivity contribution in [2.45, 2.75) is 31.9 Å². The highest BCUT2D eigenvalue weighted by molar-refractivity contribution is 6.07. The predicted octanol–water partition coefficient (Wildman–Crippen LogP) is 1.90. The van der Waals surface area contributed by atoms with E-state index in [1.807, 2.05) is 0 Å². The number of carbonyl (C=O) groups excluding carboxylic acids is 3. The molecule has 2 aromatic heterocycles. The second-order valence-corrected chi connectivity index (χ2v) is 7.07. The predicted molar refractivity (Wildman–Crippen MR) is 94.5 cm³/mol. The Labute approximate surface area is 155 Å². The molecule has 0 radical (unpaired) electrons. The molecule has 27 heavy (non-hydrogen) atoms. The van der Waals surface area contributed by atoms with Crippen LogP contribution in [0.15, 0.2) is 41.1 Å². The number of rotatable bonds is 4. The fourth-order valence-electron chi connectivity index (χ4n) is 2.63. The summed E-state index contributed by atoms with van der Waals surface area (Å²) in [4.78, 5) is 40.3. The molecule has 9 heteroatoms. The van der Waals surface area contributed by atoms with Crippen LogP contribution in [-0.2, 0) is 15.1 Å². The molecular formula is C18H20N4O5. The quantitative estimate of drug-likeness (QED) is 0.705. The number of aromatic nitrogens is 1. The van der Waals surface area contributed by atoms with Gasteiger partial charge in [-0.25, -0.2) is 9.59 Å². The van der Waals surface area contributed by atoms with Gasteiger partial charge in [-0.05, 0) is 45.0 Å². The largest absolute Gasteiger partial charge is 0.458 e. The van der Waals surface area contributed by atoms with Crippen molar-refractivity contribution in [3.8, 4) is 11.3 Å². The Morgan fingerprint density at radius 2 is 2.07 bits per heavy atom. The van der Waals surface area contributed by atoms with Crippen LogP contribution in [0, 0.1) is 0 Å². The number of carbonyl (C=O) groups is 3. The summed E-state index contributed by atoms with van der Waals surface area (Å²) < 4.78 is 11.0. The summed E-state index contributed by atoms with van der Waals surface area (Å²) in [7, 11) is 0. The summed E-state index contributed by atoms with van der Waals surface area (Å²) in [5.41, 5.74) is -1.56. The maximum Gasteiger partial charge on any atom is 0.407 e. The second kappa shape index (κ2) is 6.75. The number of amides is 4. The monoisotopic (exact) mass is 372 g/mol. The zero-order valence-electron chi connectivity index (χ0n) is 15.2. The number of nitrogens with one attached hydrogen (secondary N) is 3. The first-order valence-electron chi connectivity index (χ1n) is 8.31. The van der Waals surface area contributed by atoms with Gasteiger partial charge in [0.1, 0.15) is 17.1 Å². The Morgan fingerprint density at radius 1 is 1.30 bits per heavy atom. The summed E-state index contributed by atoms with van der Waals surface area (Å²) in [5, 5.41) is 7.22. The molecule has 0 aromatic carbocycles. The molecule has 3 N–H and O–H groups in total. The molecule has 4 amide bonds. The smallest absolute Gasteiger partial charge is 0.407 e. The minimum Gasteiger partial charge on any atom is -0.458 e. The van der Waals surface area contributed by atoms with Gasteiger partial charge in [0.25, 0.3) is 5.91 Å². The SMILES string of the molecule is CC(C)(C)OC(=O)NCC1(c2ccc(-c3cccnc3)o2)NC(=O)NC1=O. The van der Waals surface area contributed by atoms with Crippen molar-refractivity contribution in [2.24, 2.45) is 0 Å². The third-order valence-electron chi connectivity index (χ3n) is 3.81. The van der Waals surface area contributed by atoms with Crippen LogP contribution in [0.1, 0.15) is 26.5 Å². The molecule has 0 aliphatic carbocycles. The molecule has 9 nitrogen and oxygen atoms in total. The summed E-state index contributed by atoms with van der Waals surface area (Å²) >= 11 is 0. The number of alkyl carbamates (subject to hydrolysis) is 1. The van der Waals surface area contributed by atoms with Gasteiger partial charge >= 0.3 is 12.1 Å². The van der Waals surface area contributed by atoms with Gasteiger partial charge in [0, 0.05) is 18.0 Å². The molecule has 3 rings (SSSR count). The van der Waals surface area contributed by atoms with Gasteiger partial charge in [-0.15, -0.1) is 0 Å². The Balaban J connectivity index is 1.86. The van der Waals surface area contributed by atoms with Crippen LogP contribution in [0.3, 0.4) is 0 Å². The van der Waals surface area contributed by atoms with E-state index >= 15 is 0 Å². The Morgan fingerprint density at radius 3 is 2.67 bits per heavy atom. The number of nitrogens with zero attached hydrogens (tertiary/aromatic N) is 1. The van der Waals surface area contributed by atoms with E-state index in [0.29, 0.717) is 11.3 Å². The fourth-order valence-corrected chi connectivity index (χ4v) is 2.63. The van der Waals surface area contributed by atoms with Gasteiger partial charge in [-0.1, -0.05) is 0 Å². The lowest BCUT2D eigenvalue weighted by Crippen LogP contribution is -2.52. The Hall–Kier alpha value is -3.36. The Bertz CT molecular complexity index is 871. The lowest BCUT2D eigenvalue weighted by molar-refractivity contribution is -0.124. The first-order chi connectivity index (χ1) is 12.7. The van der Waals surface area contributed by atoms with E-state index in [1.54, 1.807) is 57.4 Å². The topological polar surface area (TPSA) is 123 Å². The third-order valence-corrected chi connectivity index (χ3v) is 3.81. The molecule has 1 atom stereocenters. The second-order valence-electron chi connectivity index (χ2n) is 7.07. The van der Waals surface area contributed by atoms with Crippen LogP contribution in [0.2, 0.25) is 0 Å². The molecule has 1 saturated heterocycles. The van der Waals surface area contributed by atoms with Crippen LogP contribution in [0.4, 0.5) is 9.59 Å². The van der Waals surface area contributed by atoms with E-state index in [2.05, 4.69) is 20.9 Å². The summed E-state index contributed by atoms with van der Waals surface area (Å²) in [6.45, 7) is 4.93. The minimum atomic E-state index is -1.57. The molecule has 1 fully saturated rings. The maximum atomic E-state index is 12.5. The first-order valence-corrected chi connectivity index (χ1v) is 8.31. The molecule has 3 heterocycles. The van der Waals surface area contributed by atoms with E-state index in [0.717, 1.165) is 0 Å². The Kier molecular flexibility index (Phi) is 4.61. The summed E-state index contributed by atoms with van der Waals surface area (Å²) in [5.74, 6) is 0.0279. The van der Waals surface area contributed by atoms with Crippen molar-refractivity contribution in [1.29, 1.82) is 0 Å². The average molecular weight is 372 g/mol. The van der Waals surface area contributed by atoms with E-state index in [4.69, 9.17) is 9.15 Å². The summed E-state index contributed by atoms with van der Waals surface area (Å²) in [6.07, 6.45) is 2.53. The molecule has 0 spiro atoms. The van der Waals surface area contributed by atoms with Crippen molar-refractivity contribution in [1.82, 2.24) is 20.9 Å². The van der Waals surface area contributed by atoms with Crippen LogP contribution >= 0.6 is 0 Å².